The van der Waals surface area contributed by atoms with E-state index >= 15 is 0 Å². The molecule has 110 valence electrons. The fourth-order valence-electron chi connectivity index (χ4n) is 1.37. The summed E-state index contributed by atoms with van der Waals surface area (Å²) in [6.07, 6.45) is 5.30. The zero-order chi connectivity index (χ0) is 14.0. The van der Waals surface area contributed by atoms with Crippen molar-refractivity contribution in [2.24, 2.45) is 0 Å². The fraction of sp³-hybridized carbons (Fsp3) is 0.692. The Hall–Kier alpha value is -0.610. The van der Waals surface area contributed by atoms with Crippen LogP contribution in [0.2, 0.25) is 0 Å². The lowest BCUT2D eigenvalue weighted by Gasteiger charge is -2.18. The molecule has 0 saturated carbocycles. The fourth-order valence-corrected chi connectivity index (χ4v) is 2.72. The summed E-state index contributed by atoms with van der Waals surface area (Å²) in [4.78, 5) is 0. The Morgan fingerprint density at radius 1 is 1.21 bits per heavy atom. The maximum absolute atomic E-state index is 12.5. The van der Waals surface area contributed by atoms with Crippen LogP contribution in [0.15, 0.2) is 22.8 Å². The van der Waals surface area contributed by atoms with Crippen molar-refractivity contribution in [2.75, 3.05) is 13.2 Å². The van der Waals surface area contributed by atoms with Gasteiger partial charge in [0.2, 0.25) is 0 Å². The van der Waals surface area contributed by atoms with E-state index in [1.807, 2.05) is 6.07 Å². The first-order valence-electron chi connectivity index (χ1n) is 6.87. The Labute approximate surface area is 115 Å². The molecule has 5 nitrogen and oxygen atoms in total. The Kier molecular flexibility index (Phi) is 8.07. The van der Waals surface area contributed by atoms with Crippen LogP contribution in [0.3, 0.4) is 0 Å². The second-order valence-electron chi connectivity index (χ2n) is 4.29. The predicted molar refractivity (Wildman–Crippen MR) is 74.9 cm³/mol. The number of unbranched alkanes of at least 4 members (excludes halogenated alkanes) is 2. The van der Waals surface area contributed by atoms with Gasteiger partial charge in [-0.1, -0.05) is 26.7 Å². The average Bonchev–Trinajstić information content (AvgIpc) is 2.91. The lowest BCUT2D eigenvalue weighted by molar-refractivity contribution is 0.190. The van der Waals surface area contributed by atoms with Crippen LogP contribution in [0.25, 0.3) is 0 Å². The molecule has 6 heteroatoms. The summed E-state index contributed by atoms with van der Waals surface area (Å²) < 4.78 is 28.4. The summed E-state index contributed by atoms with van der Waals surface area (Å²) >= 11 is 0. The van der Waals surface area contributed by atoms with Crippen LogP contribution >= 0.6 is 7.75 Å². The van der Waals surface area contributed by atoms with Crippen molar-refractivity contribution in [1.29, 1.82) is 0 Å². The van der Waals surface area contributed by atoms with Crippen LogP contribution < -0.4 is 5.09 Å². The molecule has 1 rings (SSSR count). The minimum absolute atomic E-state index is 0.336. The van der Waals surface area contributed by atoms with Gasteiger partial charge in [-0.2, -0.15) is 0 Å². The second-order valence-corrected chi connectivity index (χ2v) is 6.11. The zero-order valence-electron chi connectivity index (χ0n) is 11.8. The van der Waals surface area contributed by atoms with Gasteiger partial charge in [-0.25, -0.2) is 9.65 Å². The minimum atomic E-state index is -3.23. The molecule has 0 amide bonds. The SMILES string of the molecule is CCCCOP(=O)(NCc1ccco1)OCCCC. The molecule has 0 aliphatic heterocycles. The van der Waals surface area contributed by atoms with E-state index in [1.165, 1.54) is 0 Å². The third-order valence-electron chi connectivity index (χ3n) is 2.55. The average molecular weight is 289 g/mol. The van der Waals surface area contributed by atoms with Crippen LogP contribution in [-0.4, -0.2) is 13.2 Å². The van der Waals surface area contributed by atoms with Gasteiger partial charge < -0.3 is 4.42 Å². The molecule has 19 heavy (non-hydrogen) atoms. The molecular formula is C13H24NO4P. The van der Waals surface area contributed by atoms with E-state index in [1.54, 1.807) is 12.3 Å². The van der Waals surface area contributed by atoms with Crippen molar-refractivity contribution in [3.63, 3.8) is 0 Å². The molecule has 0 aliphatic rings. The molecule has 0 saturated heterocycles. The molecule has 0 bridgehead atoms. The van der Waals surface area contributed by atoms with Gasteiger partial charge >= 0.3 is 7.75 Å². The van der Waals surface area contributed by atoms with Crippen LogP contribution in [-0.2, 0) is 20.2 Å². The standard InChI is InChI=1S/C13H24NO4P/c1-3-5-10-17-19(15,18-11-6-4-2)14-12-13-8-7-9-16-13/h7-9H,3-6,10-12H2,1-2H3,(H,14,15). The topological polar surface area (TPSA) is 60.7 Å². The smallest absolute Gasteiger partial charge is 0.405 e. The van der Waals surface area contributed by atoms with Crippen molar-refractivity contribution in [3.05, 3.63) is 24.2 Å². The van der Waals surface area contributed by atoms with E-state index in [0.29, 0.717) is 25.5 Å². The summed E-state index contributed by atoms with van der Waals surface area (Å²) in [5.41, 5.74) is 0. The maximum atomic E-state index is 12.5. The van der Waals surface area contributed by atoms with Gasteiger partial charge in [-0.05, 0) is 25.0 Å². The van der Waals surface area contributed by atoms with Gasteiger partial charge in [-0.15, -0.1) is 0 Å². The predicted octanol–water partition coefficient (Wildman–Crippen LogP) is 4.11. The Morgan fingerprint density at radius 3 is 2.32 bits per heavy atom. The van der Waals surface area contributed by atoms with Gasteiger partial charge in [0.05, 0.1) is 26.0 Å². The first-order chi connectivity index (χ1) is 9.20. The monoisotopic (exact) mass is 289 g/mol. The van der Waals surface area contributed by atoms with E-state index < -0.39 is 7.75 Å². The lowest BCUT2D eigenvalue weighted by Crippen LogP contribution is -2.15. The van der Waals surface area contributed by atoms with E-state index in [9.17, 15) is 4.57 Å². The third kappa shape index (κ3) is 6.92. The zero-order valence-corrected chi connectivity index (χ0v) is 12.7. The van der Waals surface area contributed by atoms with Crippen molar-refractivity contribution >= 4 is 7.75 Å². The molecule has 0 radical (unpaired) electrons. The first-order valence-corrected chi connectivity index (χ1v) is 8.41. The molecule has 0 aromatic carbocycles. The molecule has 1 heterocycles. The highest BCUT2D eigenvalue weighted by atomic mass is 31.2. The molecule has 0 aliphatic carbocycles. The van der Waals surface area contributed by atoms with Gasteiger partial charge in [-0.3, -0.25) is 9.05 Å². The van der Waals surface area contributed by atoms with Crippen molar-refractivity contribution < 1.29 is 18.0 Å². The normalized spacial score (nSPS) is 11.9. The van der Waals surface area contributed by atoms with Crippen molar-refractivity contribution in [1.82, 2.24) is 5.09 Å². The van der Waals surface area contributed by atoms with Crippen LogP contribution in [0, 0.1) is 0 Å². The van der Waals surface area contributed by atoms with E-state index in [4.69, 9.17) is 13.5 Å². The van der Waals surface area contributed by atoms with Crippen LogP contribution in [0.4, 0.5) is 0 Å². The summed E-state index contributed by atoms with van der Waals surface area (Å²) in [6.45, 7) is 5.32. The Balaban J connectivity index is 2.44. The summed E-state index contributed by atoms with van der Waals surface area (Å²) in [6, 6.07) is 3.60. The first kappa shape index (κ1) is 16.4. The molecule has 1 N–H and O–H groups in total. The lowest BCUT2D eigenvalue weighted by atomic mass is 10.4. The highest BCUT2D eigenvalue weighted by molar-refractivity contribution is 7.51. The summed E-state index contributed by atoms with van der Waals surface area (Å²) in [5.74, 6) is 0.707. The molecule has 0 unspecified atom stereocenters. The number of furan rings is 1. The minimum Gasteiger partial charge on any atom is -0.468 e. The van der Waals surface area contributed by atoms with Gasteiger partial charge in [0.15, 0.2) is 0 Å². The van der Waals surface area contributed by atoms with Crippen molar-refractivity contribution in [3.8, 4) is 0 Å². The third-order valence-corrected chi connectivity index (χ3v) is 4.14. The second kappa shape index (κ2) is 9.32. The Morgan fingerprint density at radius 2 is 1.84 bits per heavy atom. The van der Waals surface area contributed by atoms with Gasteiger partial charge in [0, 0.05) is 0 Å². The number of hydrogen-bond donors (Lipinski definition) is 1. The quantitative estimate of drug-likeness (QED) is 0.490. The highest BCUT2D eigenvalue weighted by Crippen LogP contribution is 2.44. The molecule has 0 fully saturated rings. The number of hydrogen-bond acceptors (Lipinski definition) is 4. The van der Waals surface area contributed by atoms with E-state index in [2.05, 4.69) is 18.9 Å². The Bertz CT molecular complexity index is 353. The van der Waals surface area contributed by atoms with Crippen LogP contribution in [0.1, 0.15) is 45.3 Å². The summed E-state index contributed by atoms with van der Waals surface area (Å²) in [5, 5.41) is 2.83. The van der Waals surface area contributed by atoms with Crippen LogP contribution in [0.5, 0.6) is 0 Å². The molecular weight excluding hydrogens is 265 g/mol. The molecule has 1 aromatic rings. The highest BCUT2D eigenvalue weighted by Gasteiger charge is 2.24. The molecule has 1 aromatic heterocycles. The molecule has 0 spiro atoms. The van der Waals surface area contributed by atoms with E-state index in [-0.39, 0.29) is 0 Å². The molecule has 0 atom stereocenters. The van der Waals surface area contributed by atoms with Gasteiger partial charge in [0.1, 0.15) is 5.76 Å². The largest absolute Gasteiger partial charge is 0.468 e. The maximum Gasteiger partial charge on any atom is 0.405 e. The summed E-state index contributed by atoms with van der Waals surface area (Å²) in [7, 11) is -3.23. The number of rotatable bonds is 11. The van der Waals surface area contributed by atoms with E-state index in [0.717, 1.165) is 25.7 Å². The van der Waals surface area contributed by atoms with Gasteiger partial charge in [0.25, 0.3) is 0 Å². The van der Waals surface area contributed by atoms with Crippen molar-refractivity contribution in [2.45, 2.75) is 46.1 Å². The number of nitrogens with one attached hydrogen (secondary N) is 1.